The molecule has 0 aliphatic heterocycles. The summed E-state index contributed by atoms with van der Waals surface area (Å²) in [5.74, 6) is -0.591. The molecule has 1 amide bonds. The summed E-state index contributed by atoms with van der Waals surface area (Å²) in [7, 11) is 0. The van der Waals surface area contributed by atoms with Crippen molar-refractivity contribution in [1.82, 2.24) is 5.32 Å². The van der Waals surface area contributed by atoms with Crippen LogP contribution < -0.4 is 5.32 Å². The Balaban J connectivity index is 3.54. The molecule has 0 aromatic heterocycles. The van der Waals surface area contributed by atoms with Gasteiger partial charge in [-0.05, 0) is 6.92 Å². The van der Waals surface area contributed by atoms with Crippen LogP contribution in [0.4, 0.5) is 0 Å². The molecule has 0 fully saturated rings. The lowest BCUT2D eigenvalue weighted by molar-refractivity contribution is -0.147. The predicted octanol–water partition coefficient (Wildman–Crippen LogP) is -0.158. The van der Waals surface area contributed by atoms with Gasteiger partial charge >= 0.3 is 12.4 Å². The van der Waals surface area contributed by atoms with Crippen LogP contribution >= 0.6 is 0 Å². The summed E-state index contributed by atoms with van der Waals surface area (Å²) in [5, 5.41) is 2.28. The molecule has 1 atom stereocenters. The van der Waals surface area contributed by atoms with Crippen molar-refractivity contribution in [1.29, 1.82) is 0 Å². The number of hydrogen-bond acceptors (Lipinski definition) is 3. The van der Waals surface area contributed by atoms with E-state index in [0.29, 0.717) is 6.61 Å². The van der Waals surface area contributed by atoms with Crippen molar-refractivity contribution < 1.29 is 14.3 Å². The molecule has 0 aliphatic rings. The first kappa shape index (κ1) is 9.94. The molecular formula is C7H12NO3. The van der Waals surface area contributed by atoms with Crippen molar-refractivity contribution >= 4 is 12.4 Å². The number of ether oxygens (including phenoxy) is 1. The number of hydrogen-bond donors (Lipinski definition) is 1. The van der Waals surface area contributed by atoms with Gasteiger partial charge in [-0.2, -0.15) is 0 Å². The molecule has 0 aliphatic carbocycles. The van der Waals surface area contributed by atoms with E-state index >= 15 is 0 Å². The van der Waals surface area contributed by atoms with E-state index in [1.807, 2.05) is 0 Å². The second-order valence-electron chi connectivity index (χ2n) is 2.14. The lowest BCUT2D eigenvalue weighted by Gasteiger charge is -2.07. The molecule has 0 bridgehead atoms. The van der Waals surface area contributed by atoms with Gasteiger partial charge in [0.15, 0.2) is 0 Å². The molecule has 4 nitrogen and oxygen atoms in total. The van der Waals surface area contributed by atoms with Crippen LogP contribution in [0.25, 0.3) is 0 Å². The van der Waals surface area contributed by atoms with Crippen molar-refractivity contribution in [2.24, 2.45) is 5.92 Å². The number of amides is 1. The lowest BCUT2D eigenvalue weighted by atomic mass is 10.2. The Bertz CT molecular complexity index is 136. The highest BCUT2D eigenvalue weighted by Crippen LogP contribution is 1.95. The molecule has 0 saturated heterocycles. The molecule has 63 valence electrons. The Kier molecular flexibility index (Phi) is 5.15. The van der Waals surface area contributed by atoms with Crippen molar-refractivity contribution in [2.75, 3.05) is 13.2 Å². The molecule has 0 saturated carbocycles. The third-order valence-corrected chi connectivity index (χ3v) is 1.17. The average Bonchev–Trinajstić information content (AvgIpc) is 2.00. The highest BCUT2D eigenvalue weighted by Gasteiger charge is 2.12. The Hall–Kier alpha value is -1.06. The Labute approximate surface area is 65.9 Å². The van der Waals surface area contributed by atoms with E-state index in [0.717, 1.165) is 0 Å². The number of carbonyl (C=O) groups is 1. The van der Waals surface area contributed by atoms with Gasteiger partial charge in [-0.3, -0.25) is 9.59 Å². The summed E-state index contributed by atoms with van der Waals surface area (Å²) in [6.45, 7) is 4.07. The first-order chi connectivity index (χ1) is 5.22. The summed E-state index contributed by atoms with van der Waals surface area (Å²) < 4.78 is 4.69. The minimum Gasteiger partial charge on any atom is -0.466 e. The van der Waals surface area contributed by atoms with E-state index in [9.17, 15) is 9.59 Å². The summed E-state index contributed by atoms with van der Waals surface area (Å²) in [4.78, 5) is 20.6. The summed E-state index contributed by atoms with van der Waals surface area (Å²) in [6.07, 6.45) is 1.49. The first-order valence-corrected chi connectivity index (χ1v) is 3.49. The zero-order valence-electron chi connectivity index (χ0n) is 6.72. The van der Waals surface area contributed by atoms with Crippen LogP contribution in [0, 0.1) is 5.92 Å². The maximum atomic E-state index is 10.9. The number of rotatable bonds is 5. The van der Waals surface area contributed by atoms with Crippen molar-refractivity contribution in [3.63, 3.8) is 0 Å². The number of carbonyl (C=O) groups excluding carboxylic acids is 2. The van der Waals surface area contributed by atoms with E-state index in [1.54, 1.807) is 13.8 Å². The maximum absolute atomic E-state index is 10.9. The normalized spacial score (nSPS) is 11.8. The molecule has 11 heavy (non-hydrogen) atoms. The van der Waals surface area contributed by atoms with Gasteiger partial charge in [-0.1, -0.05) is 6.92 Å². The van der Waals surface area contributed by atoms with Gasteiger partial charge in [0.05, 0.1) is 12.5 Å². The second-order valence-corrected chi connectivity index (χ2v) is 2.14. The molecule has 0 aromatic rings. The highest BCUT2D eigenvalue weighted by molar-refractivity contribution is 5.72. The summed E-state index contributed by atoms with van der Waals surface area (Å²) in [6, 6.07) is 0. The van der Waals surface area contributed by atoms with Crippen LogP contribution in [0.5, 0.6) is 0 Å². The summed E-state index contributed by atoms with van der Waals surface area (Å²) >= 11 is 0. The Morgan fingerprint density at radius 1 is 1.73 bits per heavy atom. The third kappa shape index (κ3) is 4.36. The quantitative estimate of drug-likeness (QED) is 0.447. The van der Waals surface area contributed by atoms with Gasteiger partial charge in [-0.15, -0.1) is 0 Å². The zero-order chi connectivity index (χ0) is 8.69. The van der Waals surface area contributed by atoms with Gasteiger partial charge in [-0.25, -0.2) is 0 Å². The number of esters is 1. The van der Waals surface area contributed by atoms with Gasteiger partial charge in [0.25, 0.3) is 0 Å². The average molecular weight is 158 g/mol. The van der Waals surface area contributed by atoms with Crippen molar-refractivity contribution in [2.45, 2.75) is 13.8 Å². The second kappa shape index (κ2) is 5.70. The molecule has 0 heterocycles. The first-order valence-electron chi connectivity index (χ1n) is 3.49. The highest BCUT2D eigenvalue weighted by atomic mass is 16.5. The van der Waals surface area contributed by atoms with Crippen LogP contribution in [0.1, 0.15) is 13.8 Å². The topological polar surface area (TPSA) is 55.4 Å². The molecular weight excluding hydrogens is 146 g/mol. The predicted molar refractivity (Wildman–Crippen MR) is 39.5 cm³/mol. The molecule has 0 rings (SSSR count). The fourth-order valence-electron chi connectivity index (χ4n) is 0.563. The maximum Gasteiger partial charge on any atom is 0.310 e. The third-order valence-electron chi connectivity index (χ3n) is 1.17. The van der Waals surface area contributed by atoms with Crippen molar-refractivity contribution in [3.05, 3.63) is 0 Å². The smallest absolute Gasteiger partial charge is 0.310 e. The van der Waals surface area contributed by atoms with E-state index in [1.165, 1.54) is 6.41 Å². The van der Waals surface area contributed by atoms with Crippen LogP contribution in [-0.2, 0) is 14.3 Å². The SMILES string of the molecule is CCOC(=O)C(C)CN[C]=O. The van der Waals surface area contributed by atoms with Gasteiger partial charge in [0.1, 0.15) is 0 Å². The van der Waals surface area contributed by atoms with E-state index in [4.69, 9.17) is 4.74 Å². The fourth-order valence-corrected chi connectivity index (χ4v) is 0.563. The zero-order valence-corrected chi connectivity index (χ0v) is 6.72. The molecule has 4 heteroatoms. The van der Waals surface area contributed by atoms with E-state index in [-0.39, 0.29) is 18.4 Å². The molecule has 1 unspecified atom stereocenters. The Morgan fingerprint density at radius 3 is 2.82 bits per heavy atom. The van der Waals surface area contributed by atoms with Crippen molar-refractivity contribution in [3.8, 4) is 0 Å². The monoisotopic (exact) mass is 158 g/mol. The largest absolute Gasteiger partial charge is 0.466 e. The minimum atomic E-state index is -0.296. The van der Waals surface area contributed by atoms with E-state index in [2.05, 4.69) is 5.32 Å². The standard InChI is InChI=1S/C7H12NO3/c1-3-11-7(10)6(2)4-8-5-9/h6H,3-4H2,1-2H3,(H,8,9). The fraction of sp³-hybridized carbons (Fsp3) is 0.714. The van der Waals surface area contributed by atoms with Gasteiger partial charge < -0.3 is 10.1 Å². The van der Waals surface area contributed by atoms with Crippen LogP contribution in [0.3, 0.4) is 0 Å². The van der Waals surface area contributed by atoms with Crippen LogP contribution in [0.15, 0.2) is 0 Å². The lowest BCUT2D eigenvalue weighted by Crippen LogP contribution is -2.26. The molecule has 1 N–H and O–H groups in total. The molecule has 0 aromatic carbocycles. The minimum absolute atomic E-state index is 0.280. The number of nitrogens with one attached hydrogen (secondary N) is 1. The van der Waals surface area contributed by atoms with Gasteiger partial charge in [0.2, 0.25) is 0 Å². The van der Waals surface area contributed by atoms with Crippen LogP contribution in [-0.4, -0.2) is 25.5 Å². The summed E-state index contributed by atoms with van der Waals surface area (Å²) in [5.41, 5.74) is 0. The molecule has 0 spiro atoms. The van der Waals surface area contributed by atoms with E-state index < -0.39 is 0 Å². The van der Waals surface area contributed by atoms with Crippen LogP contribution in [0.2, 0.25) is 0 Å². The Morgan fingerprint density at radius 2 is 2.36 bits per heavy atom. The molecule has 1 radical (unpaired) electrons. The van der Waals surface area contributed by atoms with Gasteiger partial charge in [0, 0.05) is 6.54 Å².